The Morgan fingerprint density at radius 1 is 1.00 bits per heavy atom. The summed E-state index contributed by atoms with van der Waals surface area (Å²) in [6.07, 6.45) is 5.49. The van der Waals surface area contributed by atoms with Crippen molar-refractivity contribution in [3.63, 3.8) is 0 Å². The molecule has 1 heterocycles. The molecule has 0 amide bonds. The Morgan fingerprint density at radius 2 is 1.56 bits per heavy atom. The second-order valence-corrected chi connectivity index (χ2v) is 2.71. The van der Waals surface area contributed by atoms with E-state index >= 15 is 0 Å². The van der Waals surface area contributed by atoms with E-state index in [2.05, 4.69) is 4.90 Å². The second-order valence-electron chi connectivity index (χ2n) is 2.71. The molecule has 1 saturated heterocycles. The summed E-state index contributed by atoms with van der Waals surface area (Å²) >= 11 is 0. The van der Waals surface area contributed by atoms with E-state index in [0.29, 0.717) is 0 Å². The minimum Gasteiger partial charge on any atom is -0.303 e. The fourth-order valence-electron chi connectivity index (χ4n) is 1.32. The van der Waals surface area contributed by atoms with Crippen molar-refractivity contribution < 1.29 is 0 Å². The predicted octanol–water partition coefficient (Wildman–Crippen LogP) is 1.57. The van der Waals surface area contributed by atoms with Gasteiger partial charge in [-0.25, -0.2) is 0 Å². The van der Waals surface area contributed by atoms with Gasteiger partial charge in [0.05, 0.1) is 0 Å². The number of hydrogen-bond acceptors (Lipinski definition) is 1. The Labute approximate surface area is 58.0 Å². The van der Waals surface area contributed by atoms with E-state index in [-0.39, 0.29) is 0 Å². The summed E-state index contributed by atoms with van der Waals surface area (Å²) in [7, 11) is 0. The Bertz CT molecular complexity index is 63.0. The molecule has 0 N–H and O–H groups in total. The molecule has 2 radical (unpaired) electrons. The van der Waals surface area contributed by atoms with Crippen LogP contribution in [0.3, 0.4) is 0 Å². The molecular formula is C8H15N. The zero-order valence-electron chi connectivity index (χ0n) is 5.97. The highest BCUT2D eigenvalue weighted by Gasteiger charge is 2.04. The van der Waals surface area contributed by atoms with E-state index in [1.54, 1.807) is 0 Å². The number of hydrogen-bond donors (Lipinski definition) is 0. The molecule has 0 saturated carbocycles. The minimum absolute atomic E-state index is 0.750. The molecule has 52 valence electrons. The largest absolute Gasteiger partial charge is 0.303 e. The van der Waals surface area contributed by atoms with Gasteiger partial charge in [0.25, 0.3) is 0 Å². The molecule has 1 rings (SSSR count). The maximum Gasteiger partial charge on any atom is 0.00161 e. The molecular weight excluding hydrogens is 110 g/mol. The highest BCUT2D eigenvalue weighted by atomic mass is 15.1. The lowest BCUT2D eigenvalue weighted by atomic mass is 10.2. The first-order valence-corrected chi connectivity index (χ1v) is 3.86. The van der Waals surface area contributed by atoms with Crippen LogP contribution in [0.25, 0.3) is 0 Å². The zero-order chi connectivity index (χ0) is 6.53. The molecule has 0 atom stereocenters. The van der Waals surface area contributed by atoms with E-state index in [1.807, 2.05) is 0 Å². The van der Waals surface area contributed by atoms with E-state index < -0.39 is 0 Å². The molecule has 1 aliphatic rings. The lowest BCUT2D eigenvalue weighted by molar-refractivity contribution is 0.314. The van der Waals surface area contributed by atoms with Crippen molar-refractivity contribution in [2.24, 2.45) is 0 Å². The number of nitrogens with zero attached hydrogens (tertiary/aromatic N) is 1. The summed E-state index contributed by atoms with van der Waals surface area (Å²) in [6.45, 7) is 8.69. The highest BCUT2D eigenvalue weighted by Crippen LogP contribution is 2.08. The molecule has 0 aromatic heterocycles. The van der Waals surface area contributed by atoms with Crippen molar-refractivity contribution in [3.8, 4) is 0 Å². The topological polar surface area (TPSA) is 3.24 Å². The summed E-state index contributed by atoms with van der Waals surface area (Å²) in [5, 5.41) is 0. The molecule has 1 nitrogen and oxygen atoms in total. The van der Waals surface area contributed by atoms with Gasteiger partial charge in [0.1, 0.15) is 0 Å². The van der Waals surface area contributed by atoms with Crippen molar-refractivity contribution in [3.05, 3.63) is 6.92 Å². The normalized spacial score (nSPS) is 23.7. The van der Waals surface area contributed by atoms with Crippen LogP contribution >= 0.6 is 0 Å². The summed E-state index contributed by atoms with van der Waals surface area (Å²) in [6, 6.07) is 0. The van der Waals surface area contributed by atoms with Gasteiger partial charge in [-0.05, 0) is 32.9 Å². The van der Waals surface area contributed by atoms with Gasteiger partial charge in [0, 0.05) is 6.54 Å². The van der Waals surface area contributed by atoms with E-state index in [9.17, 15) is 0 Å². The van der Waals surface area contributed by atoms with Gasteiger partial charge in [0.15, 0.2) is 0 Å². The Balaban J connectivity index is 2.18. The van der Waals surface area contributed by atoms with Gasteiger partial charge < -0.3 is 4.90 Å². The van der Waals surface area contributed by atoms with Crippen molar-refractivity contribution >= 4 is 0 Å². The van der Waals surface area contributed by atoms with Crippen LogP contribution in [0.4, 0.5) is 0 Å². The quantitative estimate of drug-likeness (QED) is 0.514. The van der Waals surface area contributed by atoms with Crippen LogP contribution in [0.1, 0.15) is 25.7 Å². The fraction of sp³-hybridized carbons (Fsp3) is 0.875. The lowest BCUT2D eigenvalue weighted by Crippen LogP contribution is -2.23. The van der Waals surface area contributed by atoms with Crippen molar-refractivity contribution in [1.82, 2.24) is 4.90 Å². The van der Waals surface area contributed by atoms with Crippen LogP contribution in [-0.2, 0) is 0 Å². The zero-order valence-corrected chi connectivity index (χ0v) is 5.97. The van der Waals surface area contributed by atoms with Crippen LogP contribution in [0, 0.1) is 6.92 Å². The first kappa shape index (κ1) is 7.07. The molecule has 1 heteroatoms. The molecule has 9 heavy (non-hydrogen) atoms. The summed E-state index contributed by atoms with van der Waals surface area (Å²) < 4.78 is 0. The number of rotatable bonds is 1. The standard InChI is InChI=1S/C8H15N/c1-2-9-7-5-3-4-6-8-9/h1H,2-8H2. The fourth-order valence-corrected chi connectivity index (χ4v) is 1.32. The average Bonchev–Trinajstić information content (AvgIpc) is 2.13. The van der Waals surface area contributed by atoms with Gasteiger partial charge in [-0.1, -0.05) is 12.8 Å². The highest BCUT2D eigenvalue weighted by molar-refractivity contribution is 4.63. The average molecular weight is 125 g/mol. The predicted molar refractivity (Wildman–Crippen MR) is 39.2 cm³/mol. The molecule has 0 aliphatic carbocycles. The smallest absolute Gasteiger partial charge is 0.00161 e. The Hall–Kier alpha value is -0.0400. The van der Waals surface area contributed by atoms with Gasteiger partial charge in [-0.2, -0.15) is 0 Å². The van der Waals surface area contributed by atoms with E-state index in [4.69, 9.17) is 6.92 Å². The molecule has 1 fully saturated rings. The van der Waals surface area contributed by atoms with Gasteiger partial charge in [0.2, 0.25) is 0 Å². The first-order chi connectivity index (χ1) is 4.43. The molecule has 0 unspecified atom stereocenters. The summed E-state index contributed by atoms with van der Waals surface area (Å²) in [4.78, 5) is 2.33. The maximum atomic E-state index is 5.50. The lowest BCUT2D eigenvalue weighted by Gasteiger charge is -2.15. The second kappa shape index (κ2) is 3.89. The number of likely N-dealkylation sites (tertiary alicyclic amines) is 1. The van der Waals surface area contributed by atoms with Crippen LogP contribution < -0.4 is 0 Å². The minimum atomic E-state index is 0.750. The molecule has 0 aromatic carbocycles. The van der Waals surface area contributed by atoms with Gasteiger partial charge in [-0.15, -0.1) is 0 Å². The molecule has 0 spiro atoms. The van der Waals surface area contributed by atoms with Crippen LogP contribution in [0.2, 0.25) is 0 Å². The van der Waals surface area contributed by atoms with Crippen LogP contribution in [0.15, 0.2) is 0 Å². The Kier molecular flexibility index (Phi) is 3.05. The van der Waals surface area contributed by atoms with E-state index in [0.717, 1.165) is 6.54 Å². The van der Waals surface area contributed by atoms with Crippen molar-refractivity contribution in [2.45, 2.75) is 25.7 Å². The van der Waals surface area contributed by atoms with Crippen molar-refractivity contribution in [1.29, 1.82) is 0 Å². The Morgan fingerprint density at radius 3 is 2.00 bits per heavy atom. The first-order valence-electron chi connectivity index (χ1n) is 3.86. The third-order valence-electron chi connectivity index (χ3n) is 1.96. The third-order valence-corrected chi connectivity index (χ3v) is 1.96. The van der Waals surface area contributed by atoms with Crippen LogP contribution in [-0.4, -0.2) is 24.5 Å². The van der Waals surface area contributed by atoms with Crippen LogP contribution in [0.5, 0.6) is 0 Å². The van der Waals surface area contributed by atoms with Gasteiger partial charge in [-0.3, -0.25) is 0 Å². The van der Waals surface area contributed by atoms with E-state index in [1.165, 1.54) is 38.8 Å². The summed E-state index contributed by atoms with van der Waals surface area (Å²) in [5.74, 6) is 0. The molecule has 0 bridgehead atoms. The maximum absolute atomic E-state index is 5.50. The third kappa shape index (κ3) is 2.35. The monoisotopic (exact) mass is 125 g/mol. The van der Waals surface area contributed by atoms with Crippen molar-refractivity contribution in [2.75, 3.05) is 19.6 Å². The molecule has 0 aromatic rings. The SMILES string of the molecule is [CH]CN1CCCCCC1. The summed E-state index contributed by atoms with van der Waals surface area (Å²) in [5.41, 5.74) is 0. The van der Waals surface area contributed by atoms with Gasteiger partial charge >= 0.3 is 0 Å². The molecule has 1 aliphatic heterocycles.